The molecule has 1 unspecified atom stereocenters. The van der Waals surface area contributed by atoms with Gasteiger partial charge in [-0.25, -0.2) is 0 Å². The zero-order valence-electron chi connectivity index (χ0n) is 43.8. The van der Waals surface area contributed by atoms with Crippen LogP contribution in [-0.2, 0) is 28.6 Å². The van der Waals surface area contributed by atoms with E-state index in [1.54, 1.807) is 0 Å². The molecule has 0 saturated carbocycles. The summed E-state index contributed by atoms with van der Waals surface area (Å²) >= 11 is 0. The molecule has 0 aromatic carbocycles. The number of allylic oxidation sites excluding steroid dienone is 26. The lowest BCUT2D eigenvalue weighted by atomic mass is 10.1. The summed E-state index contributed by atoms with van der Waals surface area (Å²) in [6.07, 6.45) is 80.8. The molecule has 0 aliphatic heterocycles. The van der Waals surface area contributed by atoms with Crippen LogP contribution in [0, 0.1) is 0 Å². The standard InChI is InChI=1S/C63H96O6/c1-4-7-10-13-16-19-22-25-28-31-32-33-36-38-41-44-47-50-53-56-62(65)68-59-60(69-63(66)57-54-51-48-45-42-39-35-30-27-24-21-18-15-12-9-6-3)58-67-61(64)55-52-49-46-43-40-37-34-29-26-23-20-17-14-11-8-5-2/h7-12,16-21,25-30,32-33,37-42,60H,4-6,13-15,22-24,31,34-36,43-59H2,1-3H3/b10-7-,11-8-,12-9-,19-16-,20-17-,21-18-,28-25-,29-26-,30-27-,33-32-,40-37-,41-38-,42-39-. The zero-order valence-corrected chi connectivity index (χ0v) is 43.8. The van der Waals surface area contributed by atoms with Gasteiger partial charge in [-0.15, -0.1) is 0 Å². The quantitative estimate of drug-likeness (QED) is 0.0262. The van der Waals surface area contributed by atoms with Crippen LogP contribution in [0.4, 0.5) is 0 Å². The van der Waals surface area contributed by atoms with E-state index in [0.29, 0.717) is 19.3 Å². The molecule has 0 aromatic heterocycles. The molecule has 0 aliphatic carbocycles. The highest BCUT2D eigenvalue weighted by molar-refractivity contribution is 5.71. The summed E-state index contributed by atoms with van der Waals surface area (Å²) in [6, 6.07) is 0. The lowest BCUT2D eigenvalue weighted by Gasteiger charge is -2.18. The average molecular weight is 949 g/mol. The molecule has 6 heteroatoms. The molecule has 0 N–H and O–H groups in total. The van der Waals surface area contributed by atoms with Crippen molar-refractivity contribution in [2.24, 2.45) is 0 Å². The maximum Gasteiger partial charge on any atom is 0.306 e. The molecule has 0 aliphatic rings. The van der Waals surface area contributed by atoms with E-state index in [1.165, 1.54) is 0 Å². The van der Waals surface area contributed by atoms with Gasteiger partial charge < -0.3 is 14.2 Å². The minimum absolute atomic E-state index is 0.126. The predicted octanol–water partition coefficient (Wildman–Crippen LogP) is 18.2. The maximum atomic E-state index is 12.8. The molecule has 0 aromatic rings. The molecule has 384 valence electrons. The fourth-order valence-corrected chi connectivity index (χ4v) is 6.57. The molecular formula is C63H96O6. The van der Waals surface area contributed by atoms with E-state index in [0.717, 1.165) is 154 Å². The minimum Gasteiger partial charge on any atom is -0.462 e. The van der Waals surface area contributed by atoms with Crippen molar-refractivity contribution >= 4 is 17.9 Å². The third kappa shape index (κ3) is 53.8. The van der Waals surface area contributed by atoms with Crippen LogP contribution in [0.15, 0.2) is 158 Å². The Morgan fingerprint density at radius 1 is 0.290 bits per heavy atom. The highest BCUT2D eigenvalue weighted by Gasteiger charge is 2.19. The molecule has 0 amide bonds. The van der Waals surface area contributed by atoms with Gasteiger partial charge in [-0.1, -0.05) is 198 Å². The predicted molar refractivity (Wildman–Crippen MR) is 297 cm³/mol. The first-order valence-corrected chi connectivity index (χ1v) is 27.0. The smallest absolute Gasteiger partial charge is 0.306 e. The molecule has 1 atom stereocenters. The number of unbranched alkanes of at least 4 members (excludes halogenated alkanes) is 9. The molecule has 0 rings (SSSR count). The van der Waals surface area contributed by atoms with Crippen molar-refractivity contribution in [1.29, 1.82) is 0 Å². The first kappa shape index (κ1) is 64.0. The van der Waals surface area contributed by atoms with Gasteiger partial charge in [0.25, 0.3) is 0 Å². The Morgan fingerprint density at radius 2 is 0.522 bits per heavy atom. The van der Waals surface area contributed by atoms with Gasteiger partial charge in [-0.3, -0.25) is 14.4 Å². The van der Waals surface area contributed by atoms with Gasteiger partial charge in [0.2, 0.25) is 0 Å². The Kier molecular flexibility index (Phi) is 51.6. The number of carbonyl (C=O) groups is 3. The highest BCUT2D eigenvalue weighted by atomic mass is 16.6. The summed E-state index contributed by atoms with van der Waals surface area (Å²) in [4.78, 5) is 38.1. The first-order valence-electron chi connectivity index (χ1n) is 27.0. The molecule has 0 bridgehead atoms. The zero-order chi connectivity index (χ0) is 50.0. The average Bonchev–Trinajstić information content (AvgIpc) is 3.35. The van der Waals surface area contributed by atoms with Gasteiger partial charge in [0.05, 0.1) is 0 Å². The molecule has 0 fully saturated rings. The normalized spacial score (nSPS) is 13.4. The molecular weight excluding hydrogens is 853 g/mol. The van der Waals surface area contributed by atoms with Crippen molar-refractivity contribution in [1.82, 2.24) is 0 Å². The van der Waals surface area contributed by atoms with Crippen molar-refractivity contribution in [3.8, 4) is 0 Å². The fraction of sp³-hybridized carbons (Fsp3) is 0.540. The second-order valence-electron chi connectivity index (χ2n) is 17.0. The molecule has 0 saturated heterocycles. The van der Waals surface area contributed by atoms with E-state index in [-0.39, 0.29) is 37.5 Å². The molecule has 0 spiro atoms. The molecule has 6 nitrogen and oxygen atoms in total. The van der Waals surface area contributed by atoms with E-state index >= 15 is 0 Å². The van der Waals surface area contributed by atoms with Gasteiger partial charge in [0, 0.05) is 19.3 Å². The van der Waals surface area contributed by atoms with Crippen molar-refractivity contribution in [3.63, 3.8) is 0 Å². The first-order chi connectivity index (χ1) is 34.0. The van der Waals surface area contributed by atoms with Crippen LogP contribution in [0.2, 0.25) is 0 Å². The second kappa shape index (κ2) is 55.6. The number of hydrogen-bond donors (Lipinski definition) is 0. The van der Waals surface area contributed by atoms with Crippen molar-refractivity contribution in [2.45, 2.75) is 207 Å². The van der Waals surface area contributed by atoms with Crippen LogP contribution in [0.3, 0.4) is 0 Å². The summed E-state index contributed by atoms with van der Waals surface area (Å²) in [6.45, 7) is 6.19. The monoisotopic (exact) mass is 949 g/mol. The third-order valence-electron chi connectivity index (χ3n) is 10.5. The summed E-state index contributed by atoms with van der Waals surface area (Å²) < 4.78 is 16.8. The van der Waals surface area contributed by atoms with Crippen LogP contribution in [0.25, 0.3) is 0 Å². The van der Waals surface area contributed by atoms with Gasteiger partial charge in [0.1, 0.15) is 13.2 Å². The number of esters is 3. The van der Waals surface area contributed by atoms with Crippen LogP contribution in [0.5, 0.6) is 0 Å². The van der Waals surface area contributed by atoms with E-state index < -0.39 is 6.10 Å². The lowest BCUT2D eigenvalue weighted by molar-refractivity contribution is -0.167. The van der Waals surface area contributed by atoms with Gasteiger partial charge in [0.15, 0.2) is 6.10 Å². The second-order valence-corrected chi connectivity index (χ2v) is 17.0. The van der Waals surface area contributed by atoms with Crippen molar-refractivity contribution in [2.75, 3.05) is 13.2 Å². The van der Waals surface area contributed by atoms with E-state index in [2.05, 4.69) is 179 Å². The molecule has 0 heterocycles. The van der Waals surface area contributed by atoms with Gasteiger partial charge in [-0.05, 0) is 141 Å². The lowest BCUT2D eigenvalue weighted by Crippen LogP contribution is -2.30. The van der Waals surface area contributed by atoms with Crippen molar-refractivity contribution in [3.05, 3.63) is 158 Å². The minimum atomic E-state index is -0.830. The van der Waals surface area contributed by atoms with Gasteiger partial charge >= 0.3 is 17.9 Å². The van der Waals surface area contributed by atoms with Crippen LogP contribution < -0.4 is 0 Å². The molecule has 0 radical (unpaired) electrons. The van der Waals surface area contributed by atoms with Crippen molar-refractivity contribution < 1.29 is 28.6 Å². The van der Waals surface area contributed by atoms with E-state index in [9.17, 15) is 14.4 Å². The topological polar surface area (TPSA) is 78.9 Å². The Hall–Kier alpha value is -4.97. The van der Waals surface area contributed by atoms with E-state index in [4.69, 9.17) is 14.2 Å². The SMILES string of the molecule is CC/C=C\C/C=C\C/C=C\C/C=C\C/C=C\CCCCCC(=O)OCC(COC(=O)CCCCC/C=C\C/C=C\C/C=C\C/C=C\CC)OC(=O)CCCCC/C=C\C/C=C\C/C=C\C/C=C\CC. The number of hydrogen-bond acceptors (Lipinski definition) is 6. The van der Waals surface area contributed by atoms with Gasteiger partial charge in [-0.2, -0.15) is 0 Å². The fourth-order valence-electron chi connectivity index (χ4n) is 6.57. The van der Waals surface area contributed by atoms with E-state index in [1.807, 2.05) is 0 Å². The van der Waals surface area contributed by atoms with Crippen LogP contribution in [0.1, 0.15) is 201 Å². The Labute approximate surface area is 422 Å². The molecule has 69 heavy (non-hydrogen) atoms. The Morgan fingerprint density at radius 3 is 0.783 bits per heavy atom. The third-order valence-corrected chi connectivity index (χ3v) is 10.5. The highest BCUT2D eigenvalue weighted by Crippen LogP contribution is 2.11. The number of rotatable bonds is 46. The number of carbonyl (C=O) groups excluding carboxylic acids is 3. The Balaban J connectivity index is 4.59. The summed E-state index contributed by atoms with van der Waals surface area (Å²) in [5.74, 6) is -1.03. The largest absolute Gasteiger partial charge is 0.462 e. The summed E-state index contributed by atoms with van der Waals surface area (Å²) in [5.41, 5.74) is 0. The Bertz CT molecular complexity index is 1610. The van der Waals surface area contributed by atoms with Crippen LogP contribution >= 0.6 is 0 Å². The summed E-state index contributed by atoms with van der Waals surface area (Å²) in [5, 5.41) is 0. The summed E-state index contributed by atoms with van der Waals surface area (Å²) in [7, 11) is 0. The number of ether oxygens (including phenoxy) is 3. The maximum absolute atomic E-state index is 12.8. The van der Waals surface area contributed by atoms with Crippen LogP contribution in [-0.4, -0.2) is 37.2 Å².